The fraction of sp³-hybridized carbons (Fsp3) is 0.417. The third kappa shape index (κ3) is 0.808. The molecular formula is C12H11N. The first-order valence-corrected chi connectivity index (χ1v) is 4.83. The molecular weight excluding hydrogens is 158 g/mol. The van der Waals surface area contributed by atoms with Crippen LogP contribution in [0.5, 0.6) is 0 Å². The molecule has 2 bridgehead atoms. The van der Waals surface area contributed by atoms with Crippen LogP contribution in [0.15, 0.2) is 24.3 Å². The lowest BCUT2D eigenvalue weighted by Gasteiger charge is -2.62. The zero-order valence-corrected chi connectivity index (χ0v) is 7.46. The van der Waals surface area contributed by atoms with Gasteiger partial charge in [0.05, 0.1) is 11.6 Å². The highest BCUT2D eigenvalue weighted by atomic mass is 14.6. The van der Waals surface area contributed by atoms with Gasteiger partial charge in [-0.2, -0.15) is 5.26 Å². The SMILES string of the molecule is N#Cc1cccc(C23CC(C2)C3)c1. The molecule has 0 spiro atoms. The second-order valence-corrected chi connectivity index (χ2v) is 4.45. The normalized spacial score (nSPS) is 34.2. The fourth-order valence-corrected chi connectivity index (χ4v) is 2.75. The summed E-state index contributed by atoms with van der Waals surface area (Å²) < 4.78 is 0. The van der Waals surface area contributed by atoms with E-state index in [-0.39, 0.29) is 0 Å². The Morgan fingerprint density at radius 3 is 2.62 bits per heavy atom. The Bertz CT molecular complexity index is 383. The molecule has 0 amide bonds. The van der Waals surface area contributed by atoms with E-state index in [1.165, 1.54) is 24.8 Å². The Labute approximate surface area is 78.0 Å². The van der Waals surface area contributed by atoms with Gasteiger partial charge >= 0.3 is 0 Å². The van der Waals surface area contributed by atoms with Gasteiger partial charge < -0.3 is 0 Å². The number of hydrogen-bond acceptors (Lipinski definition) is 1. The van der Waals surface area contributed by atoms with Crippen LogP contribution in [0.1, 0.15) is 30.4 Å². The Hall–Kier alpha value is -1.29. The van der Waals surface area contributed by atoms with Crippen molar-refractivity contribution in [1.29, 1.82) is 5.26 Å². The summed E-state index contributed by atoms with van der Waals surface area (Å²) >= 11 is 0. The average molecular weight is 169 g/mol. The largest absolute Gasteiger partial charge is 0.192 e. The van der Waals surface area contributed by atoms with Crippen LogP contribution in [0, 0.1) is 17.2 Å². The van der Waals surface area contributed by atoms with Gasteiger partial charge in [0.15, 0.2) is 0 Å². The Morgan fingerprint density at radius 2 is 2.08 bits per heavy atom. The van der Waals surface area contributed by atoms with Crippen LogP contribution in [0.2, 0.25) is 0 Å². The maximum absolute atomic E-state index is 8.78. The van der Waals surface area contributed by atoms with Gasteiger partial charge in [0.25, 0.3) is 0 Å². The summed E-state index contributed by atoms with van der Waals surface area (Å²) in [6.45, 7) is 0. The molecule has 0 unspecified atom stereocenters. The van der Waals surface area contributed by atoms with E-state index in [0.717, 1.165) is 11.5 Å². The topological polar surface area (TPSA) is 23.8 Å². The van der Waals surface area contributed by atoms with Gasteiger partial charge in [-0.25, -0.2) is 0 Å². The molecule has 1 nitrogen and oxygen atoms in total. The van der Waals surface area contributed by atoms with Crippen LogP contribution in [0.25, 0.3) is 0 Å². The molecule has 0 aliphatic heterocycles. The van der Waals surface area contributed by atoms with Crippen molar-refractivity contribution in [2.24, 2.45) is 5.92 Å². The summed E-state index contributed by atoms with van der Waals surface area (Å²) in [6, 6.07) is 10.3. The highest BCUT2D eigenvalue weighted by molar-refractivity contribution is 5.41. The Balaban J connectivity index is 2.01. The molecule has 0 heterocycles. The van der Waals surface area contributed by atoms with Crippen molar-refractivity contribution in [2.45, 2.75) is 24.7 Å². The van der Waals surface area contributed by atoms with E-state index in [9.17, 15) is 0 Å². The third-order valence-corrected chi connectivity index (χ3v) is 3.64. The second-order valence-electron chi connectivity index (χ2n) is 4.45. The lowest BCUT2D eigenvalue weighted by molar-refractivity contribution is -0.0274. The van der Waals surface area contributed by atoms with Gasteiger partial charge in [0.2, 0.25) is 0 Å². The third-order valence-electron chi connectivity index (χ3n) is 3.64. The van der Waals surface area contributed by atoms with E-state index in [2.05, 4.69) is 18.2 Å². The van der Waals surface area contributed by atoms with Gasteiger partial charge in [-0.1, -0.05) is 12.1 Å². The van der Waals surface area contributed by atoms with Gasteiger partial charge in [-0.05, 0) is 48.3 Å². The number of benzene rings is 1. The lowest BCUT2D eigenvalue weighted by Crippen LogP contribution is -2.55. The van der Waals surface area contributed by atoms with E-state index < -0.39 is 0 Å². The first kappa shape index (κ1) is 7.15. The maximum atomic E-state index is 8.78. The molecule has 0 atom stereocenters. The van der Waals surface area contributed by atoms with Crippen LogP contribution in [0.3, 0.4) is 0 Å². The molecule has 1 aromatic carbocycles. The quantitative estimate of drug-likeness (QED) is 0.634. The van der Waals surface area contributed by atoms with E-state index in [1.54, 1.807) is 0 Å². The minimum atomic E-state index is 0.498. The minimum Gasteiger partial charge on any atom is -0.192 e. The van der Waals surface area contributed by atoms with E-state index in [0.29, 0.717) is 5.41 Å². The second kappa shape index (κ2) is 2.14. The summed E-state index contributed by atoms with van der Waals surface area (Å²) in [5.74, 6) is 1.01. The predicted molar refractivity (Wildman–Crippen MR) is 50.2 cm³/mol. The van der Waals surface area contributed by atoms with Crippen LogP contribution in [-0.2, 0) is 5.41 Å². The van der Waals surface area contributed by atoms with E-state index in [1.807, 2.05) is 12.1 Å². The molecule has 1 aromatic rings. The Kier molecular flexibility index (Phi) is 1.18. The minimum absolute atomic E-state index is 0.498. The van der Waals surface area contributed by atoms with Crippen molar-refractivity contribution in [2.75, 3.05) is 0 Å². The molecule has 64 valence electrons. The van der Waals surface area contributed by atoms with Crippen LogP contribution in [-0.4, -0.2) is 0 Å². The monoisotopic (exact) mass is 169 g/mol. The van der Waals surface area contributed by atoms with Crippen molar-refractivity contribution >= 4 is 0 Å². The molecule has 0 saturated heterocycles. The highest BCUT2D eigenvalue weighted by Gasteiger charge is 2.57. The number of nitriles is 1. The first-order valence-electron chi connectivity index (χ1n) is 4.83. The molecule has 3 saturated carbocycles. The van der Waals surface area contributed by atoms with Gasteiger partial charge in [-0.15, -0.1) is 0 Å². The van der Waals surface area contributed by atoms with Crippen LogP contribution < -0.4 is 0 Å². The summed E-state index contributed by atoms with van der Waals surface area (Å²) in [7, 11) is 0. The summed E-state index contributed by atoms with van der Waals surface area (Å²) in [5.41, 5.74) is 2.70. The van der Waals surface area contributed by atoms with Crippen molar-refractivity contribution in [3.05, 3.63) is 35.4 Å². The summed E-state index contributed by atoms with van der Waals surface area (Å²) in [4.78, 5) is 0. The average Bonchev–Trinajstić information content (AvgIpc) is 1.99. The zero-order chi connectivity index (χ0) is 8.89. The zero-order valence-electron chi connectivity index (χ0n) is 7.46. The number of nitrogens with zero attached hydrogens (tertiary/aromatic N) is 1. The van der Waals surface area contributed by atoms with Gasteiger partial charge in [0, 0.05) is 0 Å². The van der Waals surface area contributed by atoms with Gasteiger partial charge in [0.1, 0.15) is 0 Å². The fourth-order valence-electron chi connectivity index (χ4n) is 2.75. The number of rotatable bonds is 1. The van der Waals surface area contributed by atoms with Gasteiger partial charge in [-0.3, -0.25) is 0 Å². The smallest absolute Gasteiger partial charge is 0.0991 e. The van der Waals surface area contributed by atoms with E-state index in [4.69, 9.17) is 5.26 Å². The highest BCUT2D eigenvalue weighted by Crippen LogP contribution is 2.65. The molecule has 4 rings (SSSR count). The molecule has 0 N–H and O–H groups in total. The molecule has 0 radical (unpaired) electrons. The standard InChI is InChI=1S/C12H11N/c13-8-9-2-1-3-11(4-9)12-5-10(6-12)7-12/h1-4,10H,5-7H2. The number of hydrogen-bond donors (Lipinski definition) is 0. The Morgan fingerprint density at radius 1 is 1.31 bits per heavy atom. The molecule has 3 aliphatic rings. The molecule has 3 fully saturated rings. The summed E-state index contributed by atoms with van der Waals surface area (Å²) in [5, 5.41) is 8.78. The molecule has 13 heavy (non-hydrogen) atoms. The molecule has 0 aromatic heterocycles. The molecule has 1 heteroatoms. The van der Waals surface area contributed by atoms with Crippen molar-refractivity contribution in [3.63, 3.8) is 0 Å². The van der Waals surface area contributed by atoms with E-state index >= 15 is 0 Å². The van der Waals surface area contributed by atoms with Crippen LogP contribution >= 0.6 is 0 Å². The lowest BCUT2D eigenvalue weighted by atomic mass is 9.42. The van der Waals surface area contributed by atoms with Crippen LogP contribution in [0.4, 0.5) is 0 Å². The first-order chi connectivity index (χ1) is 6.32. The maximum Gasteiger partial charge on any atom is 0.0991 e. The molecule has 3 aliphatic carbocycles. The van der Waals surface area contributed by atoms with Crippen molar-refractivity contribution in [1.82, 2.24) is 0 Å². The van der Waals surface area contributed by atoms with Crippen molar-refractivity contribution < 1.29 is 0 Å². The summed E-state index contributed by atoms with van der Waals surface area (Å²) in [6.07, 6.45) is 4.09. The van der Waals surface area contributed by atoms with Crippen molar-refractivity contribution in [3.8, 4) is 6.07 Å². The predicted octanol–water partition coefficient (Wildman–Crippen LogP) is 2.61.